The fourth-order valence-electron chi connectivity index (χ4n) is 2.14. The molecule has 1 aliphatic carbocycles. The molecule has 1 fully saturated rings. The van der Waals surface area contributed by atoms with E-state index in [0.717, 1.165) is 29.1 Å². The maximum atomic E-state index is 5.63. The molecule has 2 N–H and O–H groups in total. The normalized spacial score (nSPS) is 15.9. The third-order valence-electron chi connectivity index (χ3n) is 3.11. The molecule has 0 spiro atoms. The molecule has 0 atom stereocenters. The Morgan fingerprint density at radius 3 is 2.81 bits per heavy atom. The molecule has 0 aliphatic heterocycles. The highest BCUT2D eigenvalue weighted by Gasteiger charge is 2.28. The van der Waals surface area contributed by atoms with E-state index in [1.807, 2.05) is 12.1 Å². The first-order valence-electron chi connectivity index (χ1n) is 5.90. The minimum absolute atomic E-state index is 0.493. The van der Waals surface area contributed by atoms with E-state index >= 15 is 0 Å². The second kappa shape index (κ2) is 3.56. The summed E-state index contributed by atoms with van der Waals surface area (Å²) in [7, 11) is 0. The van der Waals surface area contributed by atoms with Crippen molar-refractivity contribution in [2.75, 3.05) is 0 Å². The quantitative estimate of drug-likeness (QED) is 0.851. The van der Waals surface area contributed by atoms with Crippen LogP contribution in [0.15, 0.2) is 12.1 Å². The number of pyridine rings is 1. The monoisotopic (exact) mass is 216 g/mol. The van der Waals surface area contributed by atoms with E-state index in [1.54, 1.807) is 0 Å². The molecular formula is C12H16N4. The Morgan fingerprint density at radius 2 is 2.19 bits per heavy atom. The van der Waals surface area contributed by atoms with Gasteiger partial charge in [0.25, 0.3) is 0 Å². The van der Waals surface area contributed by atoms with E-state index in [1.165, 1.54) is 12.8 Å². The van der Waals surface area contributed by atoms with Crippen LogP contribution in [0.4, 0.5) is 0 Å². The number of fused-ring (bicyclic) bond motifs is 1. The fourth-order valence-corrected chi connectivity index (χ4v) is 2.14. The third kappa shape index (κ3) is 1.41. The zero-order valence-electron chi connectivity index (χ0n) is 9.48. The van der Waals surface area contributed by atoms with Crippen LogP contribution in [0, 0.1) is 0 Å². The van der Waals surface area contributed by atoms with Gasteiger partial charge in [-0.15, -0.1) is 0 Å². The molecule has 0 unspecified atom stereocenters. The molecule has 0 saturated heterocycles. The van der Waals surface area contributed by atoms with E-state index in [0.29, 0.717) is 12.6 Å². The Morgan fingerprint density at radius 1 is 1.38 bits per heavy atom. The molecule has 0 aromatic carbocycles. The topological polar surface area (TPSA) is 56.7 Å². The van der Waals surface area contributed by atoms with Crippen LogP contribution < -0.4 is 5.73 Å². The largest absolute Gasteiger partial charge is 0.325 e. The van der Waals surface area contributed by atoms with E-state index < -0.39 is 0 Å². The van der Waals surface area contributed by atoms with Gasteiger partial charge in [-0.05, 0) is 25.0 Å². The lowest BCUT2D eigenvalue weighted by Crippen LogP contribution is -2.03. The molecule has 4 heteroatoms. The number of hydrogen-bond acceptors (Lipinski definition) is 3. The number of aryl methyl sites for hydroxylation is 1. The van der Waals surface area contributed by atoms with E-state index in [4.69, 9.17) is 5.73 Å². The van der Waals surface area contributed by atoms with Crippen molar-refractivity contribution in [3.63, 3.8) is 0 Å². The van der Waals surface area contributed by atoms with Gasteiger partial charge in [-0.2, -0.15) is 0 Å². The van der Waals surface area contributed by atoms with Gasteiger partial charge in [-0.1, -0.05) is 6.92 Å². The first kappa shape index (κ1) is 9.78. The molecule has 0 radical (unpaired) electrons. The summed E-state index contributed by atoms with van der Waals surface area (Å²) in [5.74, 6) is 1.15. The van der Waals surface area contributed by atoms with Gasteiger partial charge in [0, 0.05) is 19.0 Å². The number of rotatable bonds is 3. The Hall–Kier alpha value is -1.42. The van der Waals surface area contributed by atoms with Crippen LogP contribution in [0.1, 0.15) is 37.3 Å². The highest BCUT2D eigenvalue weighted by Crippen LogP contribution is 2.38. The number of hydrogen-bond donors (Lipinski definition) is 1. The van der Waals surface area contributed by atoms with Crippen LogP contribution in [0.5, 0.6) is 0 Å². The van der Waals surface area contributed by atoms with E-state index in [9.17, 15) is 0 Å². The number of nitrogens with zero attached hydrogens (tertiary/aromatic N) is 3. The maximum absolute atomic E-state index is 5.63. The molecule has 2 aromatic rings. The summed E-state index contributed by atoms with van der Waals surface area (Å²) >= 11 is 0. The number of nitrogens with two attached hydrogens (primary N) is 1. The van der Waals surface area contributed by atoms with Gasteiger partial charge in [0.05, 0.1) is 5.69 Å². The molecular weight excluding hydrogens is 200 g/mol. The van der Waals surface area contributed by atoms with Crippen molar-refractivity contribution in [3.8, 4) is 0 Å². The van der Waals surface area contributed by atoms with Gasteiger partial charge in [-0.25, -0.2) is 9.97 Å². The lowest BCUT2D eigenvalue weighted by Gasteiger charge is -2.05. The van der Waals surface area contributed by atoms with Gasteiger partial charge >= 0.3 is 0 Å². The predicted molar refractivity (Wildman–Crippen MR) is 63.1 cm³/mol. The summed E-state index contributed by atoms with van der Waals surface area (Å²) in [4.78, 5) is 9.23. The van der Waals surface area contributed by atoms with Crippen LogP contribution in [0.25, 0.3) is 11.2 Å². The smallest absolute Gasteiger partial charge is 0.160 e. The summed E-state index contributed by atoms with van der Waals surface area (Å²) < 4.78 is 2.30. The van der Waals surface area contributed by atoms with Gasteiger partial charge < -0.3 is 10.3 Å². The van der Waals surface area contributed by atoms with Crippen molar-refractivity contribution in [3.05, 3.63) is 23.7 Å². The van der Waals surface area contributed by atoms with Crippen LogP contribution in [-0.4, -0.2) is 14.5 Å². The summed E-state index contributed by atoms with van der Waals surface area (Å²) in [6.45, 7) is 2.64. The molecule has 3 rings (SSSR count). The van der Waals surface area contributed by atoms with Gasteiger partial charge in [-0.3, -0.25) is 0 Å². The van der Waals surface area contributed by atoms with E-state index in [2.05, 4.69) is 21.5 Å². The van der Waals surface area contributed by atoms with Crippen molar-refractivity contribution >= 4 is 11.2 Å². The first-order chi connectivity index (χ1) is 7.83. The molecule has 2 aromatic heterocycles. The van der Waals surface area contributed by atoms with Crippen LogP contribution in [0.3, 0.4) is 0 Å². The minimum atomic E-state index is 0.493. The maximum Gasteiger partial charge on any atom is 0.160 e. The lowest BCUT2D eigenvalue weighted by atomic mass is 10.3. The molecule has 84 valence electrons. The van der Waals surface area contributed by atoms with Crippen LogP contribution >= 0.6 is 0 Å². The van der Waals surface area contributed by atoms with Crippen molar-refractivity contribution in [2.45, 2.75) is 38.8 Å². The van der Waals surface area contributed by atoms with Gasteiger partial charge in [0.2, 0.25) is 0 Å². The average Bonchev–Trinajstić information content (AvgIpc) is 3.09. The number of imidazole rings is 1. The summed E-state index contributed by atoms with van der Waals surface area (Å²) in [6.07, 6.45) is 3.48. The zero-order valence-corrected chi connectivity index (χ0v) is 9.48. The molecule has 1 saturated carbocycles. The number of aromatic nitrogens is 3. The molecule has 0 bridgehead atoms. The summed E-state index contributed by atoms with van der Waals surface area (Å²) in [5.41, 5.74) is 8.59. The lowest BCUT2D eigenvalue weighted by molar-refractivity contribution is 0.700. The van der Waals surface area contributed by atoms with E-state index in [-0.39, 0.29) is 0 Å². The molecule has 4 nitrogen and oxygen atoms in total. The van der Waals surface area contributed by atoms with Gasteiger partial charge in [0.15, 0.2) is 5.65 Å². The standard InChI is InChI=1S/C12H16N4/c1-2-11-15-10-6-3-8(7-13)14-12(10)16(11)9-4-5-9/h3,6,9H,2,4-5,7,13H2,1H3. The molecule has 16 heavy (non-hydrogen) atoms. The molecule has 1 aliphatic rings. The van der Waals surface area contributed by atoms with Crippen LogP contribution in [0.2, 0.25) is 0 Å². The highest BCUT2D eigenvalue weighted by atomic mass is 15.2. The second-order valence-electron chi connectivity index (χ2n) is 4.33. The van der Waals surface area contributed by atoms with Crippen molar-refractivity contribution < 1.29 is 0 Å². The Kier molecular flexibility index (Phi) is 2.17. The SMILES string of the molecule is CCc1nc2ccc(CN)nc2n1C1CC1. The fraction of sp³-hybridized carbons (Fsp3) is 0.500. The zero-order chi connectivity index (χ0) is 11.1. The van der Waals surface area contributed by atoms with Crippen molar-refractivity contribution in [2.24, 2.45) is 5.73 Å². The Balaban J connectivity index is 2.24. The molecule has 2 heterocycles. The summed E-state index contributed by atoms with van der Waals surface area (Å²) in [5, 5.41) is 0. The first-order valence-corrected chi connectivity index (χ1v) is 5.90. The Labute approximate surface area is 94.5 Å². The van der Waals surface area contributed by atoms with Crippen molar-refractivity contribution in [1.82, 2.24) is 14.5 Å². The Bertz CT molecular complexity index is 525. The van der Waals surface area contributed by atoms with Gasteiger partial charge in [0.1, 0.15) is 11.3 Å². The second-order valence-corrected chi connectivity index (χ2v) is 4.33. The predicted octanol–water partition coefficient (Wildman–Crippen LogP) is 1.79. The highest BCUT2D eigenvalue weighted by molar-refractivity contribution is 5.72. The van der Waals surface area contributed by atoms with Crippen LogP contribution in [-0.2, 0) is 13.0 Å². The minimum Gasteiger partial charge on any atom is -0.325 e. The summed E-state index contributed by atoms with van der Waals surface area (Å²) in [6, 6.07) is 4.62. The average molecular weight is 216 g/mol. The third-order valence-corrected chi connectivity index (χ3v) is 3.11. The molecule has 0 amide bonds. The van der Waals surface area contributed by atoms with Crippen molar-refractivity contribution in [1.29, 1.82) is 0 Å².